The van der Waals surface area contributed by atoms with Crippen LogP contribution in [0.5, 0.6) is 5.88 Å². The Balaban J connectivity index is 1.73. The largest absolute Gasteiger partial charge is 0.481 e. The second-order valence-corrected chi connectivity index (χ2v) is 3.87. The fourth-order valence-electron chi connectivity index (χ4n) is 1.69. The molecular formula is C12H18N2O3. The Morgan fingerprint density at radius 3 is 3.18 bits per heavy atom. The molecule has 0 spiro atoms. The molecule has 5 heteroatoms. The van der Waals surface area contributed by atoms with Gasteiger partial charge in [0.25, 0.3) is 0 Å². The molecule has 1 aromatic rings. The van der Waals surface area contributed by atoms with E-state index in [1.165, 1.54) is 0 Å². The van der Waals surface area contributed by atoms with Crippen LogP contribution >= 0.6 is 0 Å². The minimum atomic E-state index is 0.148. The number of hydrogen-bond donors (Lipinski definition) is 1. The maximum Gasteiger partial charge on any atom is 0.213 e. The molecule has 0 aliphatic carbocycles. The lowest BCUT2D eigenvalue weighted by Crippen LogP contribution is -2.37. The van der Waals surface area contributed by atoms with Gasteiger partial charge in [0.1, 0.15) is 0 Å². The van der Waals surface area contributed by atoms with Gasteiger partial charge in [-0.15, -0.1) is 0 Å². The number of aromatic nitrogens is 1. The molecule has 17 heavy (non-hydrogen) atoms. The number of methoxy groups -OCH3 is 1. The number of pyridine rings is 1. The molecular weight excluding hydrogens is 220 g/mol. The zero-order valence-electron chi connectivity index (χ0n) is 10.0. The Bertz CT molecular complexity index is 340. The van der Waals surface area contributed by atoms with E-state index < -0.39 is 0 Å². The molecule has 2 rings (SSSR count). The number of rotatable bonds is 5. The van der Waals surface area contributed by atoms with Gasteiger partial charge < -0.3 is 19.5 Å². The normalized spacial score (nSPS) is 20.2. The monoisotopic (exact) mass is 238 g/mol. The highest BCUT2D eigenvalue weighted by molar-refractivity contribution is 5.15. The maximum atomic E-state index is 5.53. The molecule has 5 nitrogen and oxygen atoms in total. The summed E-state index contributed by atoms with van der Waals surface area (Å²) in [4.78, 5) is 4.32. The lowest BCUT2D eigenvalue weighted by molar-refractivity contribution is -0.0864. The van der Waals surface area contributed by atoms with Crippen molar-refractivity contribution in [3.63, 3.8) is 0 Å². The average Bonchev–Trinajstić information content (AvgIpc) is 2.40. The molecule has 0 radical (unpaired) electrons. The third kappa shape index (κ3) is 3.96. The molecule has 1 saturated heterocycles. The van der Waals surface area contributed by atoms with Crippen LogP contribution < -0.4 is 10.1 Å². The number of ether oxygens (including phenoxy) is 3. The van der Waals surface area contributed by atoms with Crippen LogP contribution in [0.2, 0.25) is 0 Å². The lowest BCUT2D eigenvalue weighted by atomic mass is 10.3. The molecule has 1 aliphatic rings. The molecule has 1 aromatic heterocycles. The van der Waals surface area contributed by atoms with Crippen LogP contribution in [-0.4, -0.2) is 44.6 Å². The van der Waals surface area contributed by atoms with Gasteiger partial charge in [0.2, 0.25) is 5.88 Å². The standard InChI is InChI=1S/C12H18N2O3/c1-15-12-4-2-3-10(14-12)7-13-8-11-9-16-5-6-17-11/h2-4,11,13H,5-9H2,1H3. The van der Waals surface area contributed by atoms with Crippen molar-refractivity contribution in [3.8, 4) is 5.88 Å². The first-order valence-corrected chi connectivity index (χ1v) is 5.78. The number of nitrogens with zero attached hydrogens (tertiary/aromatic N) is 1. The van der Waals surface area contributed by atoms with Gasteiger partial charge in [0, 0.05) is 19.2 Å². The first-order valence-electron chi connectivity index (χ1n) is 5.78. The molecule has 0 bridgehead atoms. The summed E-state index contributed by atoms with van der Waals surface area (Å²) in [6, 6.07) is 5.73. The number of nitrogens with one attached hydrogen (secondary N) is 1. The van der Waals surface area contributed by atoms with E-state index in [1.807, 2.05) is 18.2 Å². The van der Waals surface area contributed by atoms with E-state index in [-0.39, 0.29) is 6.10 Å². The predicted molar refractivity (Wildman–Crippen MR) is 63.1 cm³/mol. The first-order chi connectivity index (χ1) is 8.38. The van der Waals surface area contributed by atoms with Gasteiger partial charge in [-0.1, -0.05) is 6.07 Å². The molecule has 1 atom stereocenters. The van der Waals surface area contributed by atoms with Crippen molar-refractivity contribution < 1.29 is 14.2 Å². The summed E-state index contributed by atoms with van der Waals surface area (Å²) in [7, 11) is 1.62. The van der Waals surface area contributed by atoms with E-state index in [1.54, 1.807) is 7.11 Å². The van der Waals surface area contributed by atoms with Crippen LogP contribution in [-0.2, 0) is 16.0 Å². The third-order valence-corrected chi connectivity index (χ3v) is 2.55. The summed E-state index contributed by atoms with van der Waals surface area (Å²) >= 11 is 0. The third-order valence-electron chi connectivity index (χ3n) is 2.55. The van der Waals surface area contributed by atoms with Crippen molar-refractivity contribution >= 4 is 0 Å². The van der Waals surface area contributed by atoms with Crippen LogP contribution in [0.3, 0.4) is 0 Å². The molecule has 0 saturated carbocycles. The van der Waals surface area contributed by atoms with E-state index in [0.29, 0.717) is 32.2 Å². The van der Waals surface area contributed by atoms with Crippen LogP contribution in [0.15, 0.2) is 18.2 Å². The number of hydrogen-bond acceptors (Lipinski definition) is 5. The summed E-state index contributed by atoms with van der Waals surface area (Å²) in [6.45, 7) is 3.53. The summed E-state index contributed by atoms with van der Waals surface area (Å²) in [5.74, 6) is 0.640. The quantitative estimate of drug-likeness (QED) is 0.814. The van der Waals surface area contributed by atoms with E-state index >= 15 is 0 Å². The van der Waals surface area contributed by atoms with Crippen molar-refractivity contribution in [2.45, 2.75) is 12.6 Å². The Morgan fingerprint density at radius 1 is 1.47 bits per heavy atom. The fraction of sp³-hybridized carbons (Fsp3) is 0.583. The maximum absolute atomic E-state index is 5.53. The predicted octanol–water partition coefficient (Wildman–Crippen LogP) is 0.595. The molecule has 2 heterocycles. The Labute approximate surface area is 101 Å². The van der Waals surface area contributed by atoms with E-state index in [9.17, 15) is 0 Å². The van der Waals surface area contributed by atoms with Crippen LogP contribution in [0.25, 0.3) is 0 Å². The highest BCUT2D eigenvalue weighted by Gasteiger charge is 2.13. The zero-order chi connectivity index (χ0) is 11.9. The highest BCUT2D eigenvalue weighted by Crippen LogP contribution is 2.06. The van der Waals surface area contributed by atoms with Gasteiger partial charge in [-0.3, -0.25) is 0 Å². The second kappa shape index (κ2) is 6.54. The Kier molecular flexibility index (Phi) is 4.73. The van der Waals surface area contributed by atoms with Crippen molar-refractivity contribution in [2.24, 2.45) is 0 Å². The minimum absolute atomic E-state index is 0.148. The summed E-state index contributed by atoms with van der Waals surface area (Å²) in [5.41, 5.74) is 0.959. The molecule has 1 fully saturated rings. The van der Waals surface area contributed by atoms with E-state index in [4.69, 9.17) is 14.2 Å². The Hall–Kier alpha value is -1.17. The molecule has 0 aromatic carbocycles. The smallest absolute Gasteiger partial charge is 0.213 e. The van der Waals surface area contributed by atoms with Crippen molar-refractivity contribution in [1.29, 1.82) is 0 Å². The second-order valence-electron chi connectivity index (χ2n) is 3.87. The van der Waals surface area contributed by atoms with E-state index in [0.717, 1.165) is 12.2 Å². The van der Waals surface area contributed by atoms with Crippen LogP contribution in [0.4, 0.5) is 0 Å². The fourth-order valence-corrected chi connectivity index (χ4v) is 1.69. The molecule has 1 aliphatic heterocycles. The van der Waals surface area contributed by atoms with Gasteiger partial charge in [-0.25, -0.2) is 4.98 Å². The summed E-state index contributed by atoms with van der Waals surface area (Å²) < 4.78 is 15.9. The lowest BCUT2D eigenvalue weighted by Gasteiger charge is -2.23. The van der Waals surface area contributed by atoms with Crippen molar-refractivity contribution in [2.75, 3.05) is 33.5 Å². The van der Waals surface area contributed by atoms with Gasteiger partial charge in [-0.05, 0) is 6.07 Å². The average molecular weight is 238 g/mol. The highest BCUT2D eigenvalue weighted by atomic mass is 16.6. The zero-order valence-corrected chi connectivity index (χ0v) is 10.0. The van der Waals surface area contributed by atoms with Gasteiger partial charge in [0.05, 0.1) is 38.7 Å². The summed E-state index contributed by atoms with van der Waals surface area (Å²) in [5, 5.41) is 3.30. The molecule has 94 valence electrons. The summed E-state index contributed by atoms with van der Waals surface area (Å²) in [6.07, 6.45) is 0.148. The molecule has 1 N–H and O–H groups in total. The SMILES string of the molecule is COc1cccc(CNCC2COCCO2)n1. The topological polar surface area (TPSA) is 52.6 Å². The van der Waals surface area contributed by atoms with Gasteiger partial charge >= 0.3 is 0 Å². The van der Waals surface area contributed by atoms with E-state index in [2.05, 4.69) is 10.3 Å². The first kappa shape index (κ1) is 12.3. The Morgan fingerprint density at radius 2 is 2.41 bits per heavy atom. The van der Waals surface area contributed by atoms with Gasteiger partial charge in [0.15, 0.2) is 0 Å². The molecule has 1 unspecified atom stereocenters. The van der Waals surface area contributed by atoms with Crippen LogP contribution in [0.1, 0.15) is 5.69 Å². The molecule has 0 amide bonds. The van der Waals surface area contributed by atoms with Crippen LogP contribution in [0, 0.1) is 0 Å². The van der Waals surface area contributed by atoms with Crippen molar-refractivity contribution in [1.82, 2.24) is 10.3 Å². The van der Waals surface area contributed by atoms with Gasteiger partial charge in [-0.2, -0.15) is 0 Å². The minimum Gasteiger partial charge on any atom is -0.481 e. The van der Waals surface area contributed by atoms with Crippen molar-refractivity contribution in [3.05, 3.63) is 23.9 Å².